The Hall–Kier alpha value is -2.17. The molecule has 1 aromatic rings. The molecule has 1 aromatic carbocycles. The van der Waals surface area contributed by atoms with E-state index in [-0.39, 0.29) is 36.0 Å². The summed E-state index contributed by atoms with van der Waals surface area (Å²) < 4.78 is 0. The fraction of sp³-hybridized carbons (Fsp3) is 0.400. The van der Waals surface area contributed by atoms with Crippen LogP contribution in [0.1, 0.15) is 24.8 Å². The number of hydrogen-bond acceptors (Lipinski definition) is 3. The maximum atomic E-state index is 11.6. The van der Waals surface area contributed by atoms with Crippen LogP contribution in [0.25, 0.3) is 0 Å². The summed E-state index contributed by atoms with van der Waals surface area (Å²) in [6, 6.07) is 7.45. The van der Waals surface area contributed by atoms with E-state index in [1.807, 2.05) is 24.3 Å². The molecule has 1 heterocycles. The SMILES string of the molecule is O=C1CC(Cc2ccc(NC(=O)C3CC3)cc2)C(=O)N1. The minimum atomic E-state index is -0.269. The molecule has 0 aromatic heterocycles. The highest BCUT2D eigenvalue weighted by atomic mass is 16.2. The summed E-state index contributed by atoms with van der Waals surface area (Å²) in [6.45, 7) is 0. The van der Waals surface area contributed by atoms with E-state index in [1.165, 1.54) is 0 Å². The van der Waals surface area contributed by atoms with Crippen molar-refractivity contribution in [3.63, 3.8) is 0 Å². The van der Waals surface area contributed by atoms with E-state index in [2.05, 4.69) is 10.6 Å². The van der Waals surface area contributed by atoms with Gasteiger partial charge in [-0.1, -0.05) is 12.1 Å². The molecule has 1 unspecified atom stereocenters. The molecule has 2 N–H and O–H groups in total. The van der Waals surface area contributed by atoms with Gasteiger partial charge in [-0.25, -0.2) is 0 Å². The van der Waals surface area contributed by atoms with E-state index in [0.29, 0.717) is 6.42 Å². The van der Waals surface area contributed by atoms with Crippen LogP contribution in [0.5, 0.6) is 0 Å². The third-order valence-corrected chi connectivity index (χ3v) is 3.72. The van der Waals surface area contributed by atoms with Crippen molar-refractivity contribution in [1.29, 1.82) is 0 Å². The topological polar surface area (TPSA) is 75.3 Å². The van der Waals surface area contributed by atoms with Gasteiger partial charge in [-0.2, -0.15) is 0 Å². The number of imide groups is 1. The Labute approximate surface area is 116 Å². The highest BCUT2D eigenvalue weighted by molar-refractivity contribution is 6.03. The van der Waals surface area contributed by atoms with Crippen LogP contribution < -0.4 is 10.6 Å². The molecule has 3 amide bonds. The lowest BCUT2D eigenvalue weighted by Crippen LogP contribution is -2.22. The maximum absolute atomic E-state index is 11.6. The Morgan fingerprint density at radius 1 is 1.20 bits per heavy atom. The molecule has 1 aliphatic heterocycles. The summed E-state index contributed by atoms with van der Waals surface area (Å²) >= 11 is 0. The zero-order valence-corrected chi connectivity index (χ0v) is 11.0. The van der Waals surface area contributed by atoms with Gasteiger partial charge >= 0.3 is 0 Å². The lowest BCUT2D eigenvalue weighted by atomic mass is 9.98. The maximum Gasteiger partial charge on any atom is 0.230 e. The zero-order chi connectivity index (χ0) is 14.1. The van der Waals surface area contributed by atoms with Crippen molar-refractivity contribution in [2.75, 3.05) is 5.32 Å². The fourth-order valence-electron chi connectivity index (χ4n) is 2.37. The molecule has 5 heteroatoms. The van der Waals surface area contributed by atoms with Gasteiger partial charge in [-0.3, -0.25) is 19.7 Å². The van der Waals surface area contributed by atoms with Gasteiger partial charge in [0.2, 0.25) is 17.7 Å². The van der Waals surface area contributed by atoms with Gasteiger partial charge < -0.3 is 5.32 Å². The Kier molecular flexibility index (Phi) is 3.26. The van der Waals surface area contributed by atoms with Gasteiger partial charge in [0.15, 0.2) is 0 Å². The average Bonchev–Trinajstić information content (AvgIpc) is 3.20. The van der Waals surface area contributed by atoms with Crippen molar-refractivity contribution in [3.05, 3.63) is 29.8 Å². The largest absolute Gasteiger partial charge is 0.326 e. The van der Waals surface area contributed by atoms with Crippen molar-refractivity contribution in [2.45, 2.75) is 25.7 Å². The summed E-state index contributed by atoms with van der Waals surface area (Å²) in [6.07, 6.45) is 2.77. The van der Waals surface area contributed by atoms with Crippen LogP contribution in [0.2, 0.25) is 0 Å². The summed E-state index contributed by atoms with van der Waals surface area (Å²) in [5, 5.41) is 5.18. The first-order chi connectivity index (χ1) is 9.61. The normalized spacial score (nSPS) is 21.7. The summed E-state index contributed by atoms with van der Waals surface area (Å²) in [4.78, 5) is 34.2. The second kappa shape index (κ2) is 5.07. The molecule has 20 heavy (non-hydrogen) atoms. The van der Waals surface area contributed by atoms with Crippen LogP contribution in [-0.4, -0.2) is 17.7 Å². The second-order valence-electron chi connectivity index (χ2n) is 5.48. The third kappa shape index (κ3) is 2.87. The van der Waals surface area contributed by atoms with E-state index in [1.54, 1.807) is 0 Å². The number of benzene rings is 1. The molecule has 3 rings (SSSR count). The van der Waals surface area contributed by atoms with Gasteiger partial charge in [0.25, 0.3) is 0 Å². The van der Waals surface area contributed by atoms with Gasteiger partial charge in [-0.05, 0) is 37.0 Å². The summed E-state index contributed by atoms with van der Waals surface area (Å²) in [5.74, 6) is -0.398. The molecule has 1 saturated carbocycles. The minimum absolute atomic E-state index is 0.0820. The van der Waals surface area contributed by atoms with E-state index >= 15 is 0 Å². The molecule has 0 spiro atoms. The zero-order valence-electron chi connectivity index (χ0n) is 11.0. The highest BCUT2D eigenvalue weighted by Gasteiger charge is 2.31. The Morgan fingerprint density at radius 3 is 2.45 bits per heavy atom. The molecule has 0 radical (unpaired) electrons. The molecule has 5 nitrogen and oxygen atoms in total. The average molecular weight is 272 g/mol. The number of nitrogens with one attached hydrogen (secondary N) is 2. The predicted octanol–water partition coefficient (Wildman–Crippen LogP) is 1.24. The van der Waals surface area contributed by atoms with Crippen LogP contribution in [0, 0.1) is 11.8 Å². The fourth-order valence-corrected chi connectivity index (χ4v) is 2.37. The van der Waals surface area contributed by atoms with Gasteiger partial charge in [0.1, 0.15) is 0 Å². The minimum Gasteiger partial charge on any atom is -0.326 e. The molecule has 2 fully saturated rings. The van der Waals surface area contributed by atoms with Crippen molar-refractivity contribution in [2.24, 2.45) is 11.8 Å². The lowest BCUT2D eigenvalue weighted by Gasteiger charge is -2.08. The molecule has 104 valence electrons. The van der Waals surface area contributed by atoms with Crippen LogP contribution in [0.3, 0.4) is 0 Å². The predicted molar refractivity (Wildman–Crippen MR) is 72.8 cm³/mol. The molecule has 2 aliphatic rings. The van der Waals surface area contributed by atoms with Crippen molar-refractivity contribution < 1.29 is 14.4 Å². The first-order valence-corrected chi connectivity index (χ1v) is 6.85. The smallest absolute Gasteiger partial charge is 0.230 e. The summed E-state index contributed by atoms with van der Waals surface area (Å²) in [7, 11) is 0. The highest BCUT2D eigenvalue weighted by Crippen LogP contribution is 2.30. The van der Waals surface area contributed by atoms with Crippen LogP contribution >= 0.6 is 0 Å². The third-order valence-electron chi connectivity index (χ3n) is 3.72. The molecular weight excluding hydrogens is 256 g/mol. The van der Waals surface area contributed by atoms with Gasteiger partial charge in [-0.15, -0.1) is 0 Å². The Balaban J connectivity index is 1.59. The van der Waals surface area contributed by atoms with Crippen molar-refractivity contribution in [1.82, 2.24) is 5.32 Å². The van der Waals surface area contributed by atoms with Crippen LogP contribution in [0.15, 0.2) is 24.3 Å². The number of carbonyl (C=O) groups excluding carboxylic acids is 3. The van der Waals surface area contributed by atoms with Crippen LogP contribution in [0.4, 0.5) is 5.69 Å². The molecule has 1 aliphatic carbocycles. The second-order valence-corrected chi connectivity index (χ2v) is 5.48. The van der Waals surface area contributed by atoms with E-state index in [4.69, 9.17) is 0 Å². The van der Waals surface area contributed by atoms with Crippen molar-refractivity contribution in [3.8, 4) is 0 Å². The number of amides is 3. The number of anilines is 1. The standard InChI is InChI=1S/C15H16N2O3/c18-13-8-11(15(20)17-13)7-9-1-5-12(6-2-9)16-14(19)10-3-4-10/h1-2,5-6,10-11H,3-4,7-8H2,(H,16,19)(H,17,18,20). The Morgan fingerprint density at radius 2 is 1.90 bits per heavy atom. The quantitative estimate of drug-likeness (QED) is 0.810. The number of carbonyl (C=O) groups is 3. The number of rotatable bonds is 4. The number of hydrogen-bond donors (Lipinski definition) is 2. The van der Waals surface area contributed by atoms with E-state index < -0.39 is 0 Å². The van der Waals surface area contributed by atoms with Gasteiger partial charge in [0, 0.05) is 18.0 Å². The summed E-state index contributed by atoms with van der Waals surface area (Å²) in [5.41, 5.74) is 1.77. The van der Waals surface area contributed by atoms with E-state index in [9.17, 15) is 14.4 Å². The first-order valence-electron chi connectivity index (χ1n) is 6.85. The molecule has 0 bridgehead atoms. The lowest BCUT2D eigenvalue weighted by molar-refractivity contribution is -0.125. The van der Waals surface area contributed by atoms with Gasteiger partial charge in [0.05, 0.1) is 5.92 Å². The van der Waals surface area contributed by atoms with E-state index in [0.717, 1.165) is 24.1 Å². The van der Waals surface area contributed by atoms with Crippen LogP contribution in [-0.2, 0) is 20.8 Å². The molecule has 1 saturated heterocycles. The Bertz CT molecular complexity index is 561. The first kappa shape index (κ1) is 12.8. The monoisotopic (exact) mass is 272 g/mol. The van der Waals surface area contributed by atoms with Crippen molar-refractivity contribution >= 4 is 23.4 Å². The molecular formula is C15H16N2O3. The molecule has 1 atom stereocenters.